The second-order valence-electron chi connectivity index (χ2n) is 5.41. The molecule has 110 valence electrons. The number of nitrogens with one attached hydrogen (secondary N) is 1. The van der Waals surface area contributed by atoms with E-state index in [0.717, 1.165) is 25.1 Å². The molecular formula is C15H24N4O. The molecule has 0 aliphatic heterocycles. The molecular weight excluding hydrogens is 252 g/mol. The predicted molar refractivity (Wildman–Crippen MR) is 80.4 cm³/mol. The molecule has 1 saturated carbocycles. The Kier molecular flexibility index (Phi) is 4.95. The smallest absolute Gasteiger partial charge is 0.254 e. The normalized spacial score (nSPS) is 15.9. The minimum Gasteiger partial charge on any atom is -0.336 e. The first kappa shape index (κ1) is 14.8. The number of hydrazine groups is 1. The molecule has 0 atom stereocenters. The lowest BCUT2D eigenvalue weighted by atomic mass is 9.93. The Morgan fingerprint density at radius 3 is 2.70 bits per heavy atom. The molecule has 1 heterocycles. The number of hydrogen-bond acceptors (Lipinski definition) is 4. The number of carbonyl (C=O) groups excluding carboxylic acids is 1. The van der Waals surface area contributed by atoms with Gasteiger partial charge in [-0.3, -0.25) is 4.79 Å². The standard InChI is InChI=1S/C15H24N4O/c1-3-19(13-7-5-4-6-8-13)15(20)12-9-11(2)17-14(10-12)18-16/h9-10,13H,3-8,16H2,1-2H3,(H,17,18). The Bertz CT molecular complexity index is 469. The maximum Gasteiger partial charge on any atom is 0.254 e. The van der Waals surface area contributed by atoms with E-state index in [9.17, 15) is 4.79 Å². The number of hydrogen-bond donors (Lipinski definition) is 2. The summed E-state index contributed by atoms with van der Waals surface area (Å²) in [6.45, 7) is 4.66. The van der Waals surface area contributed by atoms with Crippen LogP contribution in [0.1, 0.15) is 55.1 Å². The molecule has 1 aliphatic carbocycles. The SMILES string of the molecule is CCN(C(=O)c1cc(C)nc(NN)c1)C1CCCCC1. The molecule has 0 spiro atoms. The number of amides is 1. The monoisotopic (exact) mass is 276 g/mol. The van der Waals surface area contributed by atoms with Crippen molar-refractivity contribution in [3.8, 4) is 0 Å². The van der Waals surface area contributed by atoms with E-state index in [-0.39, 0.29) is 5.91 Å². The highest BCUT2D eigenvalue weighted by Gasteiger charge is 2.25. The fraction of sp³-hybridized carbons (Fsp3) is 0.600. The van der Waals surface area contributed by atoms with Crippen molar-refractivity contribution < 1.29 is 4.79 Å². The van der Waals surface area contributed by atoms with Gasteiger partial charge < -0.3 is 10.3 Å². The number of anilines is 1. The summed E-state index contributed by atoms with van der Waals surface area (Å²) in [5.74, 6) is 6.02. The maximum atomic E-state index is 12.7. The van der Waals surface area contributed by atoms with Crippen LogP contribution >= 0.6 is 0 Å². The Morgan fingerprint density at radius 1 is 1.40 bits per heavy atom. The number of nitrogens with two attached hydrogens (primary N) is 1. The number of nitrogens with zero attached hydrogens (tertiary/aromatic N) is 2. The maximum absolute atomic E-state index is 12.7. The molecule has 5 nitrogen and oxygen atoms in total. The largest absolute Gasteiger partial charge is 0.336 e. The minimum atomic E-state index is 0.0846. The van der Waals surface area contributed by atoms with Crippen LogP contribution in [0.2, 0.25) is 0 Å². The van der Waals surface area contributed by atoms with Crippen LogP contribution in [0.4, 0.5) is 5.82 Å². The zero-order chi connectivity index (χ0) is 14.5. The third kappa shape index (κ3) is 3.28. The molecule has 1 amide bonds. The van der Waals surface area contributed by atoms with Gasteiger partial charge in [0.25, 0.3) is 5.91 Å². The summed E-state index contributed by atoms with van der Waals surface area (Å²) in [5.41, 5.74) is 3.98. The van der Waals surface area contributed by atoms with Crippen molar-refractivity contribution in [1.29, 1.82) is 0 Å². The highest BCUT2D eigenvalue weighted by molar-refractivity contribution is 5.95. The van der Waals surface area contributed by atoms with E-state index in [1.165, 1.54) is 19.3 Å². The average Bonchev–Trinajstić information content (AvgIpc) is 2.48. The molecule has 5 heteroatoms. The van der Waals surface area contributed by atoms with E-state index >= 15 is 0 Å². The first-order valence-electron chi connectivity index (χ1n) is 7.42. The highest BCUT2D eigenvalue weighted by Crippen LogP contribution is 2.24. The number of nitrogen functional groups attached to an aromatic ring is 1. The van der Waals surface area contributed by atoms with Crippen molar-refractivity contribution in [2.45, 2.75) is 52.0 Å². The average molecular weight is 276 g/mol. The topological polar surface area (TPSA) is 71.2 Å². The Labute approximate surface area is 120 Å². The molecule has 0 saturated heterocycles. The van der Waals surface area contributed by atoms with E-state index in [1.807, 2.05) is 24.8 Å². The molecule has 0 aromatic carbocycles. The van der Waals surface area contributed by atoms with Crippen molar-refractivity contribution in [2.75, 3.05) is 12.0 Å². The van der Waals surface area contributed by atoms with Gasteiger partial charge in [0.1, 0.15) is 5.82 Å². The van der Waals surface area contributed by atoms with E-state index < -0.39 is 0 Å². The number of carbonyl (C=O) groups is 1. The quantitative estimate of drug-likeness (QED) is 0.654. The third-order valence-electron chi connectivity index (χ3n) is 3.97. The van der Waals surface area contributed by atoms with Crippen molar-refractivity contribution in [2.24, 2.45) is 5.84 Å². The van der Waals surface area contributed by atoms with Crippen LogP contribution in [0.15, 0.2) is 12.1 Å². The van der Waals surface area contributed by atoms with Crippen LogP contribution in [0.25, 0.3) is 0 Å². The van der Waals surface area contributed by atoms with Gasteiger partial charge in [-0.2, -0.15) is 0 Å². The van der Waals surface area contributed by atoms with Crippen molar-refractivity contribution >= 4 is 11.7 Å². The predicted octanol–water partition coefficient (Wildman–Crippen LogP) is 2.47. The van der Waals surface area contributed by atoms with E-state index in [0.29, 0.717) is 17.4 Å². The molecule has 0 radical (unpaired) electrons. The Balaban J connectivity index is 2.21. The molecule has 0 unspecified atom stereocenters. The van der Waals surface area contributed by atoms with Gasteiger partial charge in [0.05, 0.1) is 0 Å². The van der Waals surface area contributed by atoms with Gasteiger partial charge in [0.2, 0.25) is 0 Å². The first-order chi connectivity index (χ1) is 9.65. The van der Waals surface area contributed by atoms with Crippen LogP contribution < -0.4 is 11.3 Å². The molecule has 20 heavy (non-hydrogen) atoms. The lowest BCUT2D eigenvalue weighted by Gasteiger charge is -2.33. The van der Waals surface area contributed by atoms with Crippen LogP contribution in [-0.2, 0) is 0 Å². The zero-order valence-electron chi connectivity index (χ0n) is 12.4. The summed E-state index contributed by atoms with van der Waals surface area (Å²) in [5, 5.41) is 0. The number of rotatable bonds is 4. The van der Waals surface area contributed by atoms with E-state index in [1.54, 1.807) is 6.07 Å². The van der Waals surface area contributed by atoms with Gasteiger partial charge in [-0.05, 0) is 38.8 Å². The van der Waals surface area contributed by atoms with Gasteiger partial charge in [0.15, 0.2) is 0 Å². The van der Waals surface area contributed by atoms with Gasteiger partial charge in [-0.1, -0.05) is 19.3 Å². The molecule has 3 N–H and O–H groups in total. The van der Waals surface area contributed by atoms with E-state index in [4.69, 9.17) is 5.84 Å². The molecule has 1 aromatic heterocycles. The molecule has 2 rings (SSSR count). The van der Waals surface area contributed by atoms with Crippen molar-refractivity contribution in [1.82, 2.24) is 9.88 Å². The first-order valence-corrected chi connectivity index (χ1v) is 7.42. The fourth-order valence-electron chi connectivity index (χ4n) is 2.99. The second kappa shape index (κ2) is 6.70. The summed E-state index contributed by atoms with van der Waals surface area (Å²) in [4.78, 5) is 18.9. The lowest BCUT2D eigenvalue weighted by Crippen LogP contribution is -2.41. The van der Waals surface area contributed by atoms with Gasteiger partial charge in [0, 0.05) is 23.8 Å². The van der Waals surface area contributed by atoms with Crippen molar-refractivity contribution in [3.63, 3.8) is 0 Å². The summed E-state index contributed by atoms with van der Waals surface area (Å²) in [6, 6.07) is 3.93. The van der Waals surface area contributed by atoms with Crippen LogP contribution in [-0.4, -0.2) is 28.4 Å². The summed E-state index contributed by atoms with van der Waals surface area (Å²) >= 11 is 0. The Hall–Kier alpha value is -1.62. The molecule has 0 bridgehead atoms. The molecule has 1 aliphatic rings. The third-order valence-corrected chi connectivity index (χ3v) is 3.97. The fourth-order valence-corrected chi connectivity index (χ4v) is 2.99. The summed E-state index contributed by atoms with van der Waals surface area (Å²) < 4.78 is 0. The summed E-state index contributed by atoms with van der Waals surface area (Å²) in [6.07, 6.45) is 5.97. The van der Waals surface area contributed by atoms with E-state index in [2.05, 4.69) is 10.4 Å². The summed E-state index contributed by atoms with van der Waals surface area (Å²) in [7, 11) is 0. The molecule has 1 fully saturated rings. The van der Waals surface area contributed by atoms with Gasteiger partial charge >= 0.3 is 0 Å². The van der Waals surface area contributed by atoms with Crippen LogP contribution in [0.3, 0.4) is 0 Å². The highest BCUT2D eigenvalue weighted by atomic mass is 16.2. The van der Waals surface area contributed by atoms with Crippen LogP contribution in [0.5, 0.6) is 0 Å². The van der Waals surface area contributed by atoms with Gasteiger partial charge in [-0.15, -0.1) is 0 Å². The second-order valence-corrected chi connectivity index (χ2v) is 5.41. The number of aryl methyl sites for hydroxylation is 1. The minimum absolute atomic E-state index is 0.0846. The number of aromatic nitrogens is 1. The molecule has 1 aromatic rings. The van der Waals surface area contributed by atoms with Gasteiger partial charge in [-0.25, -0.2) is 10.8 Å². The Morgan fingerprint density at radius 2 is 2.10 bits per heavy atom. The number of pyridine rings is 1. The van der Waals surface area contributed by atoms with Crippen molar-refractivity contribution in [3.05, 3.63) is 23.4 Å². The lowest BCUT2D eigenvalue weighted by molar-refractivity contribution is 0.0648. The van der Waals surface area contributed by atoms with Crippen LogP contribution in [0, 0.1) is 6.92 Å². The zero-order valence-corrected chi connectivity index (χ0v) is 12.4.